The molecule has 0 unspecified atom stereocenters. The number of rotatable bonds is 7. The van der Waals surface area contributed by atoms with Gasteiger partial charge in [0.15, 0.2) is 11.5 Å². The van der Waals surface area contributed by atoms with Crippen molar-refractivity contribution in [3.05, 3.63) is 46.9 Å². The summed E-state index contributed by atoms with van der Waals surface area (Å²) in [5.74, 6) is 2.59. The predicted molar refractivity (Wildman–Crippen MR) is 96.0 cm³/mol. The van der Waals surface area contributed by atoms with Crippen LogP contribution in [0.4, 0.5) is 0 Å². The second-order valence-electron chi connectivity index (χ2n) is 5.08. The lowest BCUT2D eigenvalue weighted by molar-refractivity contribution is 0.280. The summed E-state index contributed by atoms with van der Waals surface area (Å²) in [5.41, 5.74) is 0.803. The van der Waals surface area contributed by atoms with Crippen molar-refractivity contribution in [2.45, 2.75) is 6.54 Å². The molecule has 0 saturated heterocycles. The minimum absolute atomic E-state index is 0.448. The van der Waals surface area contributed by atoms with Crippen LogP contribution in [0.1, 0.15) is 0 Å². The topological polar surface area (TPSA) is 71.3 Å². The molecule has 0 saturated carbocycles. The molecular formula is C17H17BrN4O3. The fraction of sp³-hybridized carbons (Fsp3) is 0.235. The molecule has 0 amide bonds. The van der Waals surface area contributed by atoms with E-state index < -0.39 is 0 Å². The zero-order valence-electron chi connectivity index (χ0n) is 13.8. The molecule has 130 valence electrons. The quantitative estimate of drug-likeness (QED) is 0.601. The Morgan fingerprint density at radius 1 is 1.00 bits per heavy atom. The summed E-state index contributed by atoms with van der Waals surface area (Å²) in [6, 6.07) is 13.1. The highest BCUT2D eigenvalue weighted by Crippen LogP contribution is 2.30. The van der Waals surface area contributed by atoms with Gasteiger partial charge >= 0.3 is 0 Å². The first-order chi connectivity index (χ1) is 12.2. The van der Waals surface area contributed by atoms with Crippen molar-refractivity contribution in [1.29, 1.82) is 0 Å². The third-order valence-electron chi connectivity index (χ3n) is 3.47. The van der Waals surface area contributed by atoms with Gasteiger partial charge in [-0.05, 0) is 47.7 Å². The van der Waals surface area contributed by atoms with Crippen LogP contribution in [0.5, 0.6) is 17.2 Å². The van der Waals surface area contributed by atoms with Crippen molar-refractivity contribution in [3.63, 3.8) is 0 Å². The van der Waals surface area contributed by atoms with Crippen LogP contribution in [0.25, 0.3) is 11.4 Å². The number of hydrogen-bond acceptors (Lipinski definition) is 6. The second-order valence-corrected chi connectivity index (χ2v) is 6.00. The van der Waals surface area contributed by atoms with Gasteiger partial charge in [-0.15, -0.1) is 10.2 Å². The van der Waals surface area contributed by atoms with Crippen LogP contribution in [0.2, 0.25) is 0 Å². The lowest BCUT2D eigenvalue weighted by Crippen LogP contribution is -2.11. The van der Waals surface area contributed by atoms with Gasteiger partial charge in [-0.2, -0.15) is 4.80 Å². The van der Waals surface area contributed by atoms with Crippen LogP contribution >= 0.6 is 15.9 Å². The smallest absolute Gasteiger partial charge is 0.205 e. The van der Waals surface area contributed by atoms with E-state index in [1.165, 1.54) is 4.80 Å². The average molecular weight is 405 g/mol. The molecule has 0 N–H and O–H groups in total. The van der Waals surface area contributed by atoms with Gasteiger partial charge in [0.05, 0.1) is 20.8 Å². The third-order valence-corrected chi connectivity index (χ3v) is 4.00. The van der Waals surface area contributed by atoms with Gasteiger partial charge in [0.2, 0.25) is 5.82 Å². The summed E-state index contributed by atoms with van der Waals surface area (Å²) in [4.78, 5) is 1.50. The fourth-order valence-electron chi connectivity index (χ4n) is 2.20. The highest BCUT2D eigenvalue weighted by molar-refractivity contribution is 9.10. The van der Waals surface area contributed by atoms with Crippen molar-refractivity contribution in [1.82, 2.24) is 20.2 Å². The van der Waals surface area contributed by atoms with E-state index in [0.29, 0.717) is 30.5 Å². The molecule has 7 nitrogen and oxygen atoms in total. The van der Waals surface area contributed by atoms with Crippen molar-refractivity contribution in [3.8, 4) is 28.6 Å². The van der Waals surface area contributed by atoms with Gasteiger partial charge < -0.3 is 14.2 Å². The Labute approximate surface area is 153 Å². The summed E-state index contributed by atoms with van der Waals surface area (Å²) < 4.78 is 17.2. The molecule has 8 heteroatoms. The molecule has 0 bridgehead atoms. The molecule has 25 heavy (non-hydrogen) atoms. The normalized spacial score (nSPS) is 10.5. The van der Waals surface area contributed by atoms with E-state index in [2.05, 4.69) is 31.3 Å². The van der Waals surface area contributed by atoms with Crippen LogP contribution in [0.3, 0.4) is 0 Å². The first-order valence-electron chi connectivity index (χ1n) is 7.58. The van der Waals surface area contributed by atoms with Gasteiger partial charge in [-0.1, -0.05) is 15.9 Å². The molecule has 0 radical (unpaired) electrons. The van der Waals surface area contributed by atoms with Crippen molar-refractivity contribution in [2.24, 2.45) is 0 Å². The Morgan fingerprint density at radius 3 is 2.48 bits per heavy atom. The van der Waals surface area contributed by atoms with Crippen molar-refractivity contribution >= 4 is 15.9 Å². The lowest BCUT2D eigenvalue weighted by atomic mass is 10.2. The van der Waals surface area contributed by atoms with E-state index in [1.54, 1.807) is 14.2 Å². The predicted octanol–water partition coefficient (Wildman–Crippen LogP) is 3.20. The Morgan fingerprint density at radius 2 is 1.76 bits per heavy atom. The summed E-state index contributed by atoms with van der Waals surface area (Å²) in [5, 5.41) is 12.5. The van der Waals surface area contributed by atoms with Gasteiger partial charge in [0.1, 0.15) is 12.4 Å². The summed E-state index contributed by atoms with van der Waals surface area (Å²) in [6.45, 7) is 0.944. The highest BCUT2D eigenvalue weighted by atomic mass is 79.9. The van der Waals surface area contributed by atoms with Crippen LogP contribution in [0, 0.1) is 0 Å². The molecule has 0 aliphatic rings. The van der Waals surface area contributed by atoms with E-state index in [9.17, 15) is 0 Å². The molecule has 3 rings (SSSR count). The van der Waals surface area contributed by atoms with Crippen LogP contribution in [-0.2, 0) is 6.54 Å². The van der Waals surface area contributed by atoms with Crippen LogP contribution in [0.15, 0.2) is 46.9 Å². The molecule has 0 atom stereocenters. The first kappa shape index (κ1) is 17.2. The lowest BCUT2D eigenvalue weighted by Gasteiger charge is -2.07. The van der Waals surface area contributed by atoms with Crippen LogP contribution in [-0.4, -0.2) is 41.0 Å². The van der Waals surface area contributed by atoms with Gasteiger partial charge in [-0.3, -0.25) is 0 Å². The standard InChI is InChI=1S/C17H17BrN4O3/c1-23-15-8-3-12(11-16(15)24-2)17-19-21-22(20-17)9-10-25-14-6-4-13(18)5-7-14/h3-8,11H,9-10H2,1-2H3. The number of aromatic nitrogens is 4. The monoisotopic (exact) mass is 404 g/mol. The molecule has 0 aliphatic heterocycles. The number of tetrazole rings is 1. The minimum Gasteiger partial charge on any atom is -0.493 e. The molecule has 1 aromatic heterocycles. The van der Waals surface area contributed by atoms with Crippen molar-refractivity contribution in [2.75, 3.05) is 20.8 Å². The zero-order valence-corrected chi connectivity index (χ0v) is 15.4. The highest BCUT2D eigenvalue weighted by Gasteiger charge is 2.10. The maximum atomic E-state index is 5.66. The molecule has 0 spiro atoms. The Kier molecular flexibility index (Phi) is 5.49. The Bertz CT molecular complexity index is 836. The van der Waals surface area contributed by atoms with E-state index in [1.807, 2.05) is 42.5 Å². The average Bonchev–Trinajstić information content (AvgIpc) is 3.11. The van der Waals surface area contributed by atoms with Crippen molar-refractivity contribution < 1.29 is 14.2 Å². The summed E-state index contributed by atoms with van der Waals surface area (Å²) in [7, 11) is 3.18. The fourth-order valence-corrected chi connectivity index (χ4v) is 2.47. The van der Waals surface area contributed by atoms with Gasteiger partial charge in [-0.25, -0.2) is 0 Å². The second kappa shape index (κ2) is 7.98. The molecule has 0 fully saturated rings. The van der Waals surface area contributed by atoms with Gasteiger partial charge in [0.25, 0.3) is 0 Å². The molecular weight excluding hydrogens is 388 g/mol. The largest absolute Gasteiger partial charge is 0.493 e. The van der Waals surface area contributed by atoms with E-state index in [0.717, 1.165) is 15.8 Å². The van der Waals surface area contributed by atoms with E-state index in [-0.39, 0.29) is 0 Å². The molecule has 2 aromatic carbocycles. The summed E-state index contributed by atoms with van der Waals surface area (Å²) in [6.07, 6.45) is 0. The Hall–Kier alpha value is -2.61. The van der Waals surface area contributed by atoms with E-state index in [4.69, 9.17) is 14.2 Å². The molecule has 3 aromatic rings. The minimum atomic E-state index is 0.448. The van der Waals surface area contributed by atoms with E-state index >= 15 is 0 Å². The van der Waals surface area contributed by atoms with Crippen LogP contribution < -0.4 is 14.2 Å². The number of benzene rings is 2. The number of methoxy groups -OCH3 is 2. The Balaban J connectivity index is 1.63. The zero-order chi connectivity index (χ0) is 17.6. The summed E-state index contributed by atoms with van der Waals surface area (Å²) >= 11 is 3.39. The molecule has 0 aliphatic carbocycles. The SMILES string of the molecule is COc1ccc(-c2nnn(CCOc3ccc(Br)cc3)n2)cc1OC. The number of ether oxygens (including phenoxy) is 3. The maximum Gasteiger partial charge on any atom is 0.205 e. The number of hydrogen-bond donors (Lipinski definition) is 0. The molecule has 1 heterocycles. The first-order valence-corrected chi connectivity index (χ1v) is 8.37. The maximum absolute atomic E-state index is 5.66. The number of halogens is 1. The number of nitrogens with zero attached hydrogens (tertiary/aromatic N) is 4. The third kappa shape index (κ3) is 4.27. The van der Waals surface area contributed by atoms with Gasteiger partial charge in [0, 0.05) is 10.0 Å².